The standard InChI is InChI=1S/C41H42/c1-28-22-32(30-17-11-8-12-18-30)24-35(28)38-26-34(40(2,3)4)27-39-36-25-33(20-19-31(36)23-37(38)39)41(5,6)21-13-16-29-14-9-7-10-15-29/h7-15,17-22,24-27,35H,16,23H2,1-6H3. The van der Waals surface area contributed by atoms with Crippen LogP contribution in [-0.4, -0.2) is 0 Å². The number of fused-ring (bicyclic) bond motifs is 3. The third kappa shape index (κ3) is 5.41. The summed E-state index contributed by atoms with van der Waals surface area (Å²) in [7, 11) is 0. The summed E-state index contributed by atoms with van der Waals surface area (Å²) in [5.74, 6) is 0.312. The molecule has 0 spiro atoms. The smallest absolute Gasteiger partial charge is 0.0241 e. The highest BCUT2D eigenvalue weighted by Gasteiger charge is 2.31. The molecule has 0 saturated carbocycles. The van der Waals surface area contributed by atoms with E-state index in [0.717, 1.165) is 12.8 Å². The summed E-state index contributed by atoms with van der Waals surface area (Å²) in [6.07, 6.45) is 11.6. The molecule has 4 aromatic carbocycles. The van der Waals surface area contributed by atoms with Crippen LogP contribution in [0.3, 0.4) is 0 Å². The topological polar surface area (TPSA) is 0 Å². The van der Waals surface area contributed by atoms with Crippen LogP contribution in [0.25, 0.3) is 16.7 Å². The molecule has 0 aliphatic heterocycles. The van der Waals surface area contributed by atoms with Crippen molar-refractivity contribution in [2.75, 3.05) is 0 Å². The molecule has 41 heavy (non-hydrogen) atoms. The van der Waals surface area contributed by atoms with Crippen LogP contribution in [0.15, 0.2) is 121 Å². The molecule has 0 heterocycles. The summed E-state index contributed by atoms with van der Waals surface area (Å²) in [5.41, 5.74) is 15.5. The molecule has 1 unspecified atom stereocenters. The van der Waals surface area contributed by atoms with Crippen molar-refractivity contribution in [2.24, 2.45) is 0 Å². The Kier molecular flexibility index (Phi) is 6.98. The molecular formula is C41H42. The molecule has 1 atom stereocenters. The van der Waals surface area contributed by atoms with Gasteiger partial charge in [0.2, 0.25) is 0 Å². The van der Waals surface area contributed by atoms with E-state index in [-0.39, 0.29) is 10.8 Å². The van der Waals surface area contributed by atoms with Gasteiger partial charge in [-0.3, -0.25) is 0 Å². The maximum atomic E-state index is 2.51. The van der Waals surface area contributed by atoms with Crippen LogP contribution in [0.1, 0.15) is 86.4 Å². The average molecular weight is 535 g/mol. The van der Waals surface area contributed by atoms with E-state index >= 15 is 0 Å². The third-order valence-corrected chi connectivity index (χ3v) is 9.05. The molecule has 0 fully saturated rings. The van der Waals surface area contributed by atoms with Crippen molar-refractivity contribution < 1.29 is 0 Å². The molecule has 4 aromatic rings. The Balaban J connectivity index is 1.39. The second kappa shape index (κ2) is 10.5. The van der Waals surface area contributed by atoms with Crippen molar-refractivity contribution in [3.05, 3.63) is 160 Å². The predicted molar refractivity (Wildman–Crippen MR) is 177 cm³/mol. The van der Waals surface area contributed by atoms with Gasteiger partial charge in [-0.05, 0) is 86.9 Å². The Morgan fingerprint density at radius 2 is 1.44 bits per heavy atom. The van der Waals surface area contributed by atoms with Crippen molar-refractivity contribution in [1.82, 2.24) is 0 Å². The van der Waals surface area contributed by atoms with Crippen LogP contribution < -0.4 is 0 Å². The first-order valence-electron chi connectivity index (χ1n) is 15.1. The zero-order valence-corrected chi connectivity index (χ0v) is 25.5. The lowest BCUT2D eigenvalue weighted by molar-refractivity contribution is 0.589. The first kappa shape index (κ1) is 27.3. The molecule has 0 amide bonds. The fourth-order valence-electron chi connectivity index (χ4n) is 6.45. The highest BCUT2D eigenvalue weighted by molar-refractivity contribution is 5.83. The quantitative estimate of drug-likeness (QED) is 0.190. The van der Waals surface area contributed by atoms with E-state index in [4.69, 9.17) is 0 Å². The monoisotopic (exact) mass is 534 g/mol. The number of hydrogen-bond acceptors (Lipinski definition) is 0. The van der Waals surface area contributed by atoms with Crippen LogP contribution in [0.4, 0.5) is 0 Å². The Morgan fingerprint density at radius 1 is 0.756 bits per heavy atom. The molecule has 2 aliphatic carbocycles. The number of hydrogen-bond donors (Lipinski definition) is 0. The fourth-order valence-corrected chi connectivity index (χ4v) is 6.45. The number of rotatable bonds is 6. The summed E-state index contributed by atoms with van der Waals surface area (Å²) < 4.78 is 0. The summed E-state index contributed by atoms with van der Waals surface area (Å²) in [4.78, 5) is 0. The van der Waals surface area contributed by atoms with E-state index in [1.54, 1.807) is 0 Å². The van der Waals surface area contributed by atoms with Gasteiger partial charge in [-0.2, -0.15) is 0 Å². The maximum absolute atomic E-state index is 2.51. The van der Waals surface area contributed by atoms with Crippen LogP contribution in [0, 0.1) is 0 Å². The molecule has 0 bridgehead atoms. The first-order chi connectivity index (χ1) is 19.6. The molecule has 2 aliphatic rings. The van der Waals surface area contributed by atoms with Crippen LogP contribution >= 0.6 is 0 Å². The fraction of sp³-hybridized carbons (Fsp3) is 0.268. The average Bonchev–Trinajstić information content (AvgIpc) is 3.53. The molecule has 0 nitrogen and oxygen atoms in total. The summed E-state index contributed by atoms with van der Waals surface area (Å²) in [6.45, 7) is 14.0. The summed E-state index contributed by atoms with van der Waals surface area (Å²) in [5, 5.41) is 0. The molecule has 0 aromatic heterocycles. The summed E-state index contributed by atoms with van der Waals surface area (Å²) >= 11 is 0. The van der Waals surface area contributed by atoms with Gasteiger partial charge in [0.05, 0.1) is 0 Å². The van der Waals surface area contributed by atoms with Crippen molar-refractivity contribution >= 4 is 5.57 Å². The largest absolute Gasteiger partial charge is 0.0833 e. The van der Waals surface area contributed by atoms with Gasteiger partial charge < -0.3 is 0 Å². The van der Waals surface area contributed by atoms with Crippen molar-refractivity contribution in [3.63, 3.8) is 0 Å². The third-order valence-electron chi connectivity index (χ3n) is 9.05. The molecule has 206 valence electrons. The Hall–Kier alpha value is -3.90. The lowest BCUT2D eigenvalue weighted by atomic mass is 9.79. The maximum Gasteiger partial charge on any atom is 0.0241 e. The van der Waals surface area contributed by atoms with Crippen LogP contribution in [-0.2, 0) is 23.7 Å². The Bertz CT molecular complexity index is 1670. The van der Waals surface area contributed by atoms with Gasteiger partial charge in [-0.25, -0.2) is 0 Å². The van der Waals surface area contributed by atoms with E-state index in [1.807, 2.05) is 0 Å². The van der Waals surface area contributed by atoms with Crippen molar-refractivity contribution in [3.8, 4) is 11.1 Å². The molecule has 0 radical (unpaired) electrons. The normalized spacial score (nSPS) is 16.5. The first-order valence-corrected chi connectivity index (χ1v) is 15.1. The van der Waals surface area contributed by atoms with Gasteiger partial charge in [0.15, 0.2) is 0 Å². The zero-order chi connectivity index (χ0) is 28.8. The van der Waals surface area contributed by atoms with E-state index in [0.29, 0.717) is 5.92 Å². The minimum Gasteiger partial charge on any atom is -0.0833 e. The van der Waals surface area contributed by atoms with Crippen molar-refractivity contribution in [1.29, 1.82) is 0 Å². The lowest BCUT2D eigenvalue weighted by Crippen LogP contribution is -2.14. The minimum atomic E-state index is -0.0465. The Labute approximate surface area is 247 Å². The van der Waals surface area contributed by atoms with Crippen LogP contribution in [0.5, 0.6) is 0 Å². The van der Waals surface area contributed by atoms with Gasteiger partial charge in [-0.15, -0.1) is 0 Å². The highest BCUT2D eigenvalue weighted by atomic mass is 14.3. The second-order valence-electron chi connectivity index (χ2n) is 13.6. The van der Waals surface area contributed by atoms with Gasteiger partial charge in [0, 0.05) is 11.3 Å². The van der Waals surface area contributed by atoms with Gasteiger partial charge in [0.25, 0.3) is 0 Å². The Morgan fingerprint density at radius 3 is 2.15 bits per heavy atom. The molecule has 0 heteroatoms. The molecule has 0 N–H and O–H groups in total. The lowest BCUT2D eigenvalue weighted by Gasteiger charge is -2.25. The van der Waals surface area contributed by atoms with E-state index in [1.165, 1.54) is 61.2 Å². The van der Waals surface area contributed by atoms with Gasteiger partial charge >= 0.3 is 0 Å². The van der Waals surface area contributed by atoms with E-state index < -0.39 is 0 Å². The van der Waals surface area contributed by atoms with E-state index in [9.17, 15) is 0 Å². The van der Waals surface area contributed by atoms with Gasteiger partial charge in [-0.1, -0.05) is 149 Å². The predicted octanol–water partition coefficient (Wildman–Crippen LogP) is 10.8. The number of benzene rings is 4. The molecule has 6 rings (SSSR count). The molecular weight excluding hydrogens is 492 g/mol. The number of allylic oxidation sites excluding steroid dienone is 6. The summed E-state index contributed by atoms with van der Waals surface area (Å²) in [6, 6.07) is 33.8. The van der Waals surface area contributed by atoms with Crippen LogP contribution in [0.2, 0.25) is 0 Å². The van der Waals surface area contributed by atoms with E-state index in [2.05, 4.69) is 157 Å². The molecule has 0 saturated heterocycles. The van der Waals surface area contributed by atoms with Crippen molar-refractivity contribution in [2.45, 2.75) is 71.1 Å². The zero-order valence-electron chi connectivity index (χ0n) is 25.5. The van der Waals surface area contributed by atoms with Gasteiger partial charge in [0.1, 0.15) is 0 Å². The second-order valence-corrected chi connectivity index (χ2v) is 13.6. The highest BCUT2D eigenvalue weighted by Crippen LogP contribution is 2.47. The minimum absolute atomic E-state index is 0.0465. The SMILES string of the molecule is CC1=CC(c2ccccc2)=CC1c1cc(C(C)(C)C)cc2c1Cc1ccc(C(C)(C)C=CCc3ccccc3)cc1-2.